The van der Waals surface area contributed by atoms with Crippen LogP contribution in [0.3, 0.4) is 0 Å². The molecular formula is La2O21Si7Ti2. The van der Waals surface area contributed by atoms with Gasteiger partial charge in [0.2, 0.25) is 0 Å². The summed E-state index contributed by atoms with van der Waals surface area (Å²) in [4.78, 5) is 119. The summed E-state index contributed by atoms with van der Waals surface area (Å²) in [6.07, 6.45) is 0. The van der Waals surface area contributed by atoms with Crippen molar-refractivity contribution in [3.05, 3.63) is 0 Å². The van der Waals surface area contributed by atoms with Crippen LogP contribution >= 0.6 is 0 Å². The summed E-state index contributed by atoms with van der Waals surface area (Å²) >= 11 is 0. The van der Waals surface area contributed by atoms with Crippen molar-refractivity contribution < 1.29 is 213 Å². The van der Waals surface area contributed by atoms with E-state index in [1.165, 1.54) is 0 Å². The Morgan fingerprint density at radius 2 is 0.250 bits per heavy atom. The summed E-state index contributed by atoms with van der Waals surface area (Å²) in [5, 5.41) is 0. The average molecular weight is 906 g/mol. The summed E-state index contributed by atoms with van der Waals surface area (Å²) < 4.78 is 59.6. The largest absolute Gasteiger partial charge is 4.00 e. The molecule has 0 aliphatic rings. The Labute approximate surface area is 273 Å². The van der Waals surface area contributed by atoms with Crippen LogP contribution in [-0.4, -0.2) is 64.2 Å². The Kier molecular flexibility index (Phi) is 139. The second-order valence-electron chi connectivity index (χ2n) is 1.75. The van der Waals surface area contributed by atoms with Crippen molar-refractivity contribution >= 4 is 64.2 Å². The summed E-state index contributed by atoms with van der Waals surface area (Å²) in [5.74, 6) is 0. The van der Waals surface area contributed by atoms with Gasteiger partial charge in [-0.25, -0.2) is 0 Å². The molecule has 0 fully saturated rings. The van der Waals surface area contributed by atoms with Crippen molar-refractivity contribution in [2.24, 2.45) is 0 Å². The molecule has 0 heterocycles. The van der Waals surface area contributed by atoms with E-state index < -0.39 is 64.2 Å². The fourth-order valence-corrected chi connectivity index (χ4v) is 0. The van der Waals surface area contributed by atoms with Gasteiger partial charge in [0.25, 0.3) is 0 Å². The first kappa shape index (κ1) is 69.8. The van der Waals surface area contributed by atoms with Crippen LogP contribution < -0.4 is 67.1 Å². The van der Waals surface area contributed by atoms with Gasteiger partial charge in [-0.05, 0) is 0 Å². The van der Waals surface area contributed by atoms with Gasteiger partial charge in [0, 0.05) is 64.2 Å². The van der Waals surface area contributed by atoms with Gasteiger partial charge in [0.05, 0.1) is 0 Å². The van der Waals surface area contributed by atoms with E-state index >= 15 is 0 Å². The molecule has 32 heavy (non-hydrogen) atoms. The molecule has 0 rings (SSSR count). The van der Waals surface area contributed by atoms with Gasteiger partial charge in [0.1, 0.15) is 0 Å². The van der Waals surface area contributed by atoms with Crippen molar-refractivity contribution in [1.29, 1.82) is 0 Å². The first-order valence-corrected chi connectivity index (χ1v) is 12.9. The number of hydrogen-bond donors (Lipinski definition) is 0. The van der Waals surface area contributed by atoms with Crippen LogP contribution in [0, 0.1) is 71.2 Å². The smallest absolute Gasteiger partial charge is 0.672 e. The third kappa shape index (κ3) is 21900. The molecule has 0 aliphatic heterocycles. The zero-order chi connectivity index (χ0) is 25.0. The van der Waals surface area contributed by atoms with Crippen LogP contribution in [0.1, 0.15) is 0 Å². The van der Waals surface area contributed by atoms with E-state index in [0.29, 0.717) is 0 Å². The Morgan fingerprint density at radius 1 is 0.250 bits per heavy atom. The zero-order valence-electron chi connectivity index (χ0n) is 14.2. The molecule has 32 heteroatoms. The zero-order valence-corrected chi connectivity index (χ0v) is 31.6. The third-order valence-corrected chi connectivity index (χ3v) is 0. The van der Waals surface area contributed by atoms with E-state index in [0.717, 1.165) is 0 Å². The van der Waals surface area contributed by atoms with Gasteiger partial charge < -0.3 is 98.4 Å². The van der Waals surface area contributed by atoms with Gasteiger partial charge in [0.15, 0.2) is 0 Å². The molecule has 0 unspecified atom stereocenters. The number of rotatable bonds is 0. The maximum absolute atomic E-state index is 8.52. The molecular weight excluding hydrogens is 906 g/mol. The minimum absolute atomic E-state index is 0. The molecule has 0 spiro atoms. The van der Waals surface area contributed by atoms with Crippen molar-refractivity contribution in [2.45, 2.75) is 0 Å². The summed E-state index contributed by atoms with van der Waals surface area (Å²) in [7, 11) is -25.4. The Balaban J connectivity index is -0.0000000175. The van der Waals surface area contributed by atoms with E-state index in [4.69, 9.17) is 98.4 Å². The first-order valence-electron chi connectivity index (χ1n) is 4.29. The van der Waals surface area contributed by atoms with Crippen LogP contribution in [0.2, 0.25) is 0 Å². The predicted octanol–water partition coefficient (Wildman–Crippen LogP) is -20.1. The van der Waals surface area contributed by atoms with Gasteiger partial charge in [-0.3, -0.25) is 0 Å². The average Bonchev–Trinajstić information content (AvgIpc) is 2.20. The molecule has 0 atom stereocenters. The van der Waals surface area contributed by atoms with Crippen LogP contribution in [0.15, 0.2) is 0 Å². The Hall–Kier alpha value is 1.14. The maximum atomic E-state index is 8.52. The fourth-order valence-electron chi connectivity index (χ4n) is 0. The molecule has 0 saturated heterocycles. The van der Waals surface area contributed by atoms with E-state index in [-0.39, 0.29) is 115 Å². The van der Waals surface area contributed by atoms with Crippen molar-refractivity contribution in [1.82, 2.24) is 0 Å². The standard InChI is InChI=1S/2La.7O3Si.2Ti/c;;7*1-4(2)3;;/q2*+3;7*-2;2*+4. The van der Waals surface area contributed by atoms with Crippen molar-refractivity contribution in [3.8, 4) is 0 Å². The van der Waals surface area contributed by atoms with Crippen LogP contribution in [0.5, 0.6) is 0 Å². The molecule has 0 aromatic rings. The van der Waals surface area contributed by atoms with Gasteiger partial charge in [-0.1, -0.05) is 0 Å². The van der Waals surface area contributed by atoms with Gasteiger partial charge in [-0.15, -0.1) is 0 Å². The van der Waals surface area contributed by atoms with E-state index in [2.05, 4.69) is 0 Å². The van der Waals surface area contributed by atoms with E-state index in [1.54, 1.807) is 0 Å². The van der Waals surface area contributed by atoms with Crippen LogP contribution in [0.4, 0.5) is 0 Å². The summed E-state index contributed by atoms with van der Waals surface area (Å²) in [6, 6.07) is 0. The maximum Gasteiger partial charge on any atom is 4.00 e. The minimum Gasteiger partial charge on any atom is -0.672 e. The Bertz CT molecular complexity index is 323. The molecule has 0 N–H and O–H groups in total. The topological polar surface area (TPSA) is 442 Å². The summed E-state index contributed by atoms with van der Waals surface area (Å²) in [6.45, 7) is 0. The third-order valence-electron chi connectivity index (χ3n) is 0. The predicted molar refractivity (Wildman–Crippen MR) is 45.1 cm³/mol. The van der Waals surface area contributed by atoms with Crippen LogP contribution in [-0.2, 0) is 74.7 Å². The molecule has 168 valence electrons. The van der Waals surface area contributed by atoms with Gasteiger partial charge >= 0.3 is 115 Å². The SMILES string of the molecule is O=[Si]([O-])[O-].O=[Si]([O-])[O-].O=[Si]([O-])[O-].O=[Si]([O-])[O-].O=[Si]([O-])[O-].O=[Si]([O-])[O-].O=[Si]([O-])[O-].[La+3].[La+3].[Ti+4].[Ti+4]. The quantitative estimate of drug-likeness (QED) is 0.204. The second-order valence-corrected chi connectivity index (χ2v) is 5.25. The van der Waals surface area contributed by atoms with Crippen molar-refractivity contribution in [2.75, 3.05) is 0 Å². The molecule has 0 amide bonds. The molecule has 0 bridgehead atoms. The molecule has 0 saturated carbocycles. The molecule has 0 aromatic carbocycles. The fraction of sp³-hybridized carbons (Fsp3) is 0. The first-order chi connectivity index (χ1) is 12.1. The second kappa shape index (κ2) is 63.6. The van der Waals surface area contributed by atoms with E-state index in [1.807, 2.05) is 0 Å². The monoisotopic (exact) mass is 905 g/mol. The molecule has 21 nitrogen and oxygen atoms in total. The minimum atomic E-state index is -3.63. The normalized spacial score (nSPS) is 5.25. The van der Waals surface area contributed by atoms with Crippen LogP contribution in [0.25, 0.3) is 0 Å². The summed E-state index contributed by atoms with van der Waals surface area (Å²) in [5.41, 5.74) is 0. The molecule has 0 aromatic heterocycles. The van der Waals surface area contributed by atoms with Gasteiger partial charge in [-0.2, -0.15) is 0 Å². The van der Waals surface area contributed by atoms with Crippen molar-refractivity contribution in [3.63, 3.8) is 0 Å². The molecule has 0 aliphatic carbocycles. The Morgan fingerprint density at radius 3 is 0.250 bits per heavy atom. The van der Waals surface area contributed by atoms with E-state index in [9.17, 15) is 0 Å². The number of hydrogen-bond acceptors (Lipinski definition) is 21. The molecule has 0 radical (unpaired) electrons.